The molecule has 0 unspecified atom stereocenters. The van der Waals surface area contributed by atoms with Crippen LogP contribution in [-0.4, -0.2) is 15.5 Å². The van der Waals surface area contributed by atoms with Gasteiger partial charge in [0.25, 0.3) is 5.91 Å². The lowest BCUT2D eigenvalue weighted by atomic mass is 10.2. The van der Waals surface area contributed by atoms with E-state index in [1.165, 1.54) is 0 Å². The average Bonchev–Trinajstić information content (AvgIpc) is 2.96. The van der Waals surface area contributed by atoms with Gasteiger partial charge in [0, 0.05) is 18.4 Å². The van der Waals surface area contributed by atoms with E-state index in [-0.39, 0.29) is 5.91 Å². The van der Waals surface area contributed by atoms with Crippen LogP contribution >= 0.6 is 0 Å². The van der Waals surface area contributed by atoms with Gasteiger partial charge < -0.3 is 10.3 Å². The molecule has 88 valence electrons. The minimum absolute atomic E-state index is 0.325. The van der Waals surface area contributed by atoms with Crippen molar-refractivity contribution in [1.29, 1.82) is 0 Å². The first-order chi connectivity index (χ1) is 7.56. The summed E-state index contributed by atoms with van der Waals surface area (Å²) in [6.07, 6.45) is 2.27. The molecule has 2 rings (SSSR count). The van der Waals surface area contributed by atoms with Crippen LogP contribution in [0.15, 0.2) is 0 Å². The predicted molar refractivity (Wildman–Crippen MR) is 62.5 cm³/mol. The first-order valence-corrected chi connectivity index (χ1v) is 5.96. The van der Waals surface area contributed by atoms with Gasteiger partial charge in [-0.25, -0.2) is 4.98 Å². The lowest BCUT2D eigenvalue weighted by Gasteiger charge is -2.09. The Balaban J connectivity index is 2.56. The SMILES string of the molecule is CCn1c(C(C)C)nc(C2CC2)c1C(N)=O. The maximum Gasteiger partial charge on any atom is 0.267 e. The van der Waals surface area contributed by atoms with E-state index in [0.717, 1.165) is 30.9 Å². The quantitative estimate of drug-likeness (QED) is 0.845. The van der Waals surface area contributed by atoms with Gasteiger partial charge in [0.15, 0.2) is 0 Å². The van der Waals surface area contributed by atoms with E-state index >= 15 is 0 Å². The number of rotatable bonds is 4. The molecule has 1 aromatic rings. The number of hydrogen-bond donors (Lipinski definition) is 1. The molecule has 16 heavy (non-hydrogen) atoms. The second-order valence-corrected chi connectivity index (χ2v) is 4.74. The topological polar surface area (TPSA) is 60.9 Å². The molecule has 1 saturated carbocycles. The molecule has 1 heterocycles. The van der Waals surface area contributed by atoms with Crippen molar-refractivity contribution in [2.45, 2.75) is 52.0 Å². The van der Waals surface area contributed by atoms with Crippen LogP contribution in [0, 0.1) is 0 Å². The zero-order valence-electron chi connectivity index (χ0n) is 10.2. The fraction of sp³-hybridized carbons (Fsp3) is 0.667. The number of nitrogens with zero attached hydrogens (tertiary/aromatic N) is 2. The van der Waals surface area contributed by atoms with Crippen molar-refractivity contribution in [2.24, 2.45) is 5.73 Å². The Morgan fingerprint density at radius 3 is 2.56 bits per heavy atom. The van der Waals surface area contributed by atoms with Crippen molar-refractivity contribution >= 4 is 5.91 Å². The molecule has 1 aromatic heterocycles. The van der Waals surface area contributed by atoms with Gasteiger partial charge in [-0.05, 0) is 19.8 Å². The van der Waals surface area contributed by atoms with Crippen LogP contribution in [-0.2, 0) is 6.54 Å². The molecule has 0 saturated heterocycles. The summed E-state index contributed by atoms with van der Waals surface area (Å²) in [4.78, 5) is 16.2. The van der Waals surface area contributed by atoms with Gasteiger partial charge in [-0.2, -0.15) is 0 Å². The minimum Gasteiger partial charge on any atom is -0.364 e. The van der Waals surface area contributed by atoms with Crippen molar-refractivity contribution in [2.75, 3.05) is 0 Å². The van der Waals surface area contributed by atoms with Gasteiger partial charge in [0.1, 0.15) is 11.5 Å². The number of hydrogen-bond acceptors (Lipinski definition) is 2. The first kappa shape index (κ1) is 11.2. The van der Waals surface area contributed by atoms with Gasteiger partial charge >= 0.3 is 0 Å². The summed E-state index contributed by atoms with van der Waals surface area (Å²) in [5, 5.41) is 0. The predicted octanol–water partition coefficient (Wildman–Crippen LogP) is 2.00. The number of amides is 1. The van der Waals surface area contributed by atoms with E-state index in [2.05, 4.69) is 18.8 Å². The maximum absolute atomic E-state index is 11.5. The summed E-state index contributed by atoms with van der Waals surface area (Å²) in [7, 11) is 0. The minimum atomic E-state index is -0.344. The third-order valence-electron chi connectivity index (χ3n) is 3.05. The van der Waals surface area contributed by atoms with Crippen molar-refractivity contribution in [3.63, 3.8) is 0 Å². The summed E-state index contributed by atoms with van der Waals surface area (Å²) in [6.45, 7) is 6.97. The number of nitrogens with two attached hydrogens (primary N) is 1. The molecule has 1 amide bonds. The van der Waals surface area contributed by atoms with Gasteiger partial charge in [0.05, 0.1) is 5.69 Å². The molecule has 1 fully saturated rings. The van der Waals surface area contributed by atoms with Crippen molar-refractivity contribution in [1.82, 2.24) is 9.55 Å². The molecule has 0 spiro atoms. The molecule has 1 aliphatic carbocycles. The molecule has 1 aliphatic rings. The number of carbonyl (C=O) groups is 1. The van der Waals surface area contributed by atoms with Crippen LogP contribution < -0.4 is 5.73 Å². The third kappa shape index (κ3) is 1.72. The number of carbonyl (C=O) groups excluding carboxylic acids is 1. The molecular formula is C12H19N3O. The van der Waals surface area contributed by atoms with Gasteiger partial charge in [-0.15, -0.1) is 0 Å². The van der Waals surface area contributed by atoms with Crippen LogP contribution in [0.1, 0.15) is 67.5 Å². The molecule has 2 N–H and O–H groups in total. The monoisotopic (exact) mass is 221 g/mol. The second kappa shape index (κ2) is 3.92. The van der Waals surface area contributed by atoms with Crippen LogP contribution in [0.5, 0.6) is 0 Å². The van der Waals surface area contributed by atoms with Crippen molar-refractivity contribution in [3.8, 4) is 0 Å². The van der Waals surface area contributed by atoms with Gasteiger partial charge in [-0.3, -0.25) is 4.79 Å². The molecule has 0 aromatic carbocycles. The second-order valence-electron chi connectivity index (χ2n) is 4.74. The zero-order chi connectivity index (χ0) is 11.9. The van der Waals surface area contributed by atoms with Gasteiger partial charge in [-0.1, -0.05) is 13.8 Å². The zero-order valence-corrected chi connectivity index (χ0v) is 10.2. The number of primary amides is 1. The summed E-state index contributed by atoms with van der Waals surface area (Å²) >= 11 is 0. The van der Waals surface area contributed by atoms with E-state index in [1.807, 2.05) is 11.5 Å². The Morgan fingerprint density at radius 1 is 1.56 bits per heavy atom. The summed E-state index contributed by atoms with van der Waals surface area (Å²) in [5.74, 6) is 1.43. The molecule has 4 heteroatoms. The first-order valence-electron chi connectivity index (χ1n) is 5.96. The lowest BCUT2D eigenvalue weighted by Crippen LogP contribution is -2.19. The Labute approximate surface area is 95.9 Å². The highest BCUT2D eigenvalue weighted by molar-refractivity contribution is 5.92. The fourth-order valence-electron chi connectivity index (χ4n) is 2.15. The highest BCUT2D eigenvalue weighted by atomic mass is 16.1. The third-order valence-corrected chi connectivity index (χ3v) is 3.05. The lowest BCUT2D eigenvalue weighted by molar-refractivity contribution is 0.0990. The van der Waals surface area contributed by atoms with Gasteiger partial charge in [0.2, 0.25) is 0 Å². The average molecular weight is 221 g/mol. The Bertz CT molecular complexity index is 416. The van der Waals surface area contributed by atoms with Crippen LogP contribution in [0.25, 0.3) is 0 Å². The van der Waals surface area contributed by atoms with E-state index < -0.39 is 0 Å². The number of aromatic nitrogens is 2. The van der Waals surface area contributed by atoms with Crippen LogP contribution in [0.2, 0.25) is 0 Å². The van der Waals surface area contributed by atoms with Crippen molar-refractivity contribution in [3.05, 3.63) is 17.2 Å². The van der Waals surface area contributed by atoms with Crippen molar-refractivity contribution < 1.29 is 4.79 Å². The molecule has 4 nitrogen and oxygen atoms in total. The normalized spacial score (nSPS) is 15.8. The largest absolute Gasteiger partial charge is 0.364 e. The Hall–Kier alpha value is -1.32. The fourth-order valence-corrected chi connectivity index (χ4v) is 2.15. The van der Waals surface area contributed by atoms with E-state index in [1.54, 1.807) is 0 Å². The Morgan fingerprint density at radius 2 is 2.19 bits per heavy atom. The van der Waals surface area contributed by atoms with Crippen LogP contribution in [0.4, 0.5) is 0 Å². The highest BCUT2D eigenvalue weighted by Gasteiger charge is 2.33. The van der Waals surface area contributed by atoms with E-state index in [4.69, 9.17) is 5.73 Å². The van der Waals surface area contributed by atoms with Crippen LogP contribution in [0.3, 0.4) is 0 Å². The Kier molecular flexibility index (Phi) is 2.74. The molecule has 0 radical (unpaired) electrons. The molecule has 0 atom stereocenters. The van der Waals surface area contributed by atoms with E-state index in [0.29, 0.717) is 17.5 Å². The summed E-state index contributed by atoms with van der Waals surface area (Å²) < 4.78 is 1.97. The van der Waals surface area contributed by atoms with E-state index in [9.17, 15) is 4.79 Å². The molecular weight excluding hydrogens is 202 g/mol. The standard InChI is InChI=1S/C12H19N3O/c1-4-15-10(11(13)16)9(8-5-6-8)14-12(15)7(2)3/h7-8H,4-6H2,1-3H3,(H2,13,16). The highest BCUT2D eigenvalue weighted by Crippen LogP contribution is 2.41. The summed E-state index contributed by atoms with van der Waals surface area (Å²) in [5.41, 5.74) is 7.03. The summed E-state index contributed by atoms with van der Waals surface area (Å²) in [6, 6.07) is 0. The molecule has 0 bridgehead atoms. The maximum atomic E-state index is 11.5. The number of imidazole rings is 1. The molecule has 0 aliphatic heterocycles. The smallest absolute Gasteiger partial charge is 0.267 e.